The molecule has 0 aromatic heterocycles. The van der Waals surface area contributed by atoms with E-state index in [-0.39, 0.29) is 32.5 Å². The molecule has 0 N–H and O–H groups in total. The molecule has 0 saturated carbocycles. The summed E-state index contributed by atoms with van der Waals surface area (Å²) in [7, 11) is 0. The molecule has 0 fully saturated rings. The second-order valence-corrected chi connectivity index (χ2v) is 17.0. The first-order valence-corrected chi connectivity index (χ1v) is 27.1. The average Bonchev–Trinajstić information content (AvgIpc) is 3.36. The number of rotatable bonds is 46. The van der Waals surface area contributed by atoms with E-state index >= 15 is 0 Å². The minimum atomic E-state index is -0.875. The number of carbonyl (C=O) groups excluding carboxylic acids is 3. The Balaban J connectivity index is 4.72. The first-order valence-electron chi connectivity index (χ1n) is 27.1. The molecule has 0 amide bonds. The molecular weight excluding hydrogens is 865 g/mol. The Morgan fingerprint density at radius 1 is 0.300 bits per heavy atom. The van der Waals surface area contributed by atoms with Crippen molar-refractivity contribution in [2.45, 2.75) is 200 Å². The Hall–Kier alpha value is -5.23. The molecule has 0 saturated heterocycles. The Kier molecular flexibility index (Phi) is 52.1. The van der Waals surface area contributed by atoms with Crippen molar-refractivity contribution in [2.24, 2.45) is 0 Å². The summed E-state index contributed by atoms with van der Waals surface area (Å²) >= 11 is 0. The van der Waals surface area contributed by atoms with E-state index in [4.69, 9.17) is 14.2 Å². The molecule has 0 aliphatic rings. The third-order valence-corrected chi connectivity index (χ3v) is 10.5. The molecule has 70 heavy (non-hydrogen) atoms. The van der Waals surface area contributed by atoms with Crippen molar-refractivity contribution in [3.05, 3.63) is 170 Å². The summed E-state index contributed by atoms with van der Waals surface area (Å²) in [4.78, 5) is 38.0. The van der Waals surface area contributed by atoms with Crippen molar-refractivity contribution in [2.75, 3.05) is 13.2 Å². The summed E-state index contributed by atoms with van der Waals surface area (Å²) < 4.78 is 16.6. The van der Waals surface area contributed by atoms with E-state index in [2.05, 4.69) is 167 Å². The first-order chi connectivity index (χ1) is 34.5. The normalized spacial score (nSPS) is 13.5. The van der Waals surface area contributed by atoms with Crippen LogP contribution in [-0.2, 0) is 28.6 Å². The van der Waals surface area contributed by atoms with Crippen LogP contribution in [0.2, 0.25) is 0 Å². The second-order valence-electron chi connectivity index (χ2n) is 17.0. The van der Waals surface area contributed by atoms with Gasteiger partial charge in [-0.3, -0.25) is 14.4 Å². The molecule has 388 valence electrons. The number of esters is 3. The van der Waals surface area contributed by atoms with Crippen molar-refractivity contribution in [3.8, 4) is 0 Å². The zero-order valence-corrected chi connectivity index (χ0v) is 44.2. The van der Waals surface area contributed by atoms with E-state index in [0.29, 0.717) is 19.3 Å². The summed E-state index contributed by atoms with van der Waals surface area (Å²) in [6.07, 6.45) is 83.7. The third kappa shape index (κ3) is 53.7. The zero-order chi connectivity index (χ0) is 50.7. The Morgan fingerprint density at radius 2 is 0.586 bits per heavy atom. The van der Waals surface area contributed by atoms with Crippen LogP contribution in [0, 0.1) is 0 Å². The molecule has 0 aromatic rings. The van der Waals surface area contributed by atoms with Crippen molar-refractivity contribution in [1.29, 1.82) is 0 Å². The van der Waals surface area contributed by atoms with Gasteiger partial charge in [-0.2, -0.15) is 0 Å². The fraction of sp³-hybridized carbons (Fsp3) is 0.516. The number of hydrogen-bond acceptors (Lipinski definition) is 6. The summed E-state index contributed by atoms with van der Waals surface area (Å²) in [5.41, 5.74) is 0. The number of hydrogen-bond donors (Lipinski definition) is 0. The van der Waals surface area contributed by atoms with Gasteiger partial charge < -0.3 is 14.2 Å². The third-order valence-electron chi connectivity index (χ3n) is 10.5. The Bertz CT molecular complexity index is 1670. The zero-order valence-electron chi connectivity index (χ0n) is 44.2. The maximum Gasteiger partial charge on any atom is 0.306 e. The van der Waals surface area contributed by atoms with E-state index in [1.807, 2.05) is 24.3 Å². The van der Waals surface area contributed by atoms with Crippen LogP contribution in [-0.4, -0.2) is 37.2 Å². The monoisotopic (exact) mass is 961 g/mol. The van der Waals surface area contributed by atoms with Gasteiger partial charge in [0, 0.05) is 19.3 Å². The van der Waals surface area contributed by atoms with E-state index < -0.39 is 24.0 Å². The Labute approximate surface area is 428 Å². The molecule has 6 heteroatoms. The molecule has 0 aromatic carbocycles. The highest BCUT2D eigenvalue weighted by atomic mass is 16.6. The van der Waals surface area contributed by atoms with Gasteiger partial charge in [0.05, 0.1) is 0 Å². The van der Waals surface area contributed by atoms with E-state index in [1.165, 1.54) is 38.5 Å². The highest BCUT2D eigenvalue weighted by Crippen LogP contribution is 2.09. The van der Waals surface area contributed by atoms with Crippen LogP contribution >= 0.6 is 0 Å². The summed E-state index contributed by atoms with van der Waals surface area (Å²) in [5, 5.41) is 0. The van der Waals surface area contributed by atoms with Crippen LogP contribution in [0.15, 0.2) is 170 Å². The molecule has 0 bridgehead atoms. The molecule has 0 radical (unpaired) electrons. The highest BCUT2D eigenvalue weighted by Gasteiger charge is 2.19. The molecule has 0 aliphatic carbocycles. The minimum absolute atomic E-state index is 0.170. The molecular formula is C64H96O6. The van der Waals surface area contributed by atoms with Crippen LogP contribution in [0.5, 0.6) is 0 Å². The standard InChI is InChI=1S/C64H96O6/c1-4-7-10-13-16-19-22-25-28-31-32-34-36-39-42-45-48-51-54-57-63(66)69-60-61(59-68-62(65)56-53-50-47-44-41-38-35-30-27-24-21-18-15-12-9-6-3)70-64(67)58-55-52-49-46-43-40-37-33-29-26-23-20-17-14-11-8-5-2/h7,9-10,12,16,18-19,21,25-30,32,34,37-42,46-51,61H,4-6,8,11,13-15,17,20,22-24,31,33,35-36,43-45,52-60H2,1-3H3/b10-7-,12-9-,19-16-,21-18-,28-25-,29-26-,30-27-,34-32-,40-37-,41-38-,42-39-,49-46-,50-47-,51-48-. The lowest BCUT2D eigenvalue weighted by Crippen LogP contribution is -2.30. The van der Waals surface area contributed by atoms with Crippen LogP contribution < -0.4 is 0 Å². The summed E-state index contributed by atoms with van der Waals surface area (Å²) in [6.45, 7) is 6.20. The molecule has 6 nitrogen and oxygen atoms in total. The largest absolute Gasteiger partial charge is 0.462 e. The van der Waals surface area contributed by atoms with Gasteiger partial charge in [0.1, 0.15) is 13.2 Å². The van der Waals surface area contributed by atoms with Crippen molar-refractivity contribution in [3.63, 3.8) is 0 Å². The fourth-order valence-corrected chi connectivity index (χ4v) is 6.47. The number of unbranched alkanes of at least 4 members (excludes halogenated alkanes) is 7. The van der Waals surface area contributed by atoms with Gasteiger partial charge >= 0.3 is 17.9 Å². The highest BCUT2D eigenvalue weighted by molar-refractivity contribution is 5.71. The van der Waals surface area contributed by atoms with Crippen molar-refractivity contribution in [1.82, 2.24) is 0 Å². The molecule has 0 rings (SSSR count). The quantitative estimate of drug-likeness (QED) is 0.0262. The van der Waals surface area contributed by atoms with E-state index in [9.17, 15) is 14.4 Å². The predicted molar refractivity (Wildman–Crippen MR) is 301 cm³/mol. The van der Waals surface area contributed by atoms with Gasteiger partial charge in [-0.15, -0.1) is 0 Å². The van der Waals surface area contributed by atoms with Crippen LogP contribution in [0.3, 0.4) is 0 Å². The fourth-order valence-electron chi connectivity index (χ4n) is 6.47. The average molecular weight is 961 g/mol. The van der Waals surface area contributed by atoms with Crippen LogP contribution in [0.25, 0.3) is 0 Å². The first kappa shape index (κ1) is 64.8. The SMILES string of the molecule is CC/C=C\C/C=C\C/C=C\C/C=C\C/C=C\C/C=C\CCC(=O)OCC(COC(=O)CC/C=C\C/C=C\C/C=C\C/C=C\C/C=C\CC)OC(=O)CCC/C=C\C/C=C\C/C=C\CCCCCCCC. The summed E-state index contributed by atoms with van der Waals surface area (Å²) in [5.74, 6) is -1.20. The second kappa shape index (κ2) is 56.4. The summed E-state index contributed by atoms with van der Waals surface area (Å²) in [6, 6.07) is 0. The predicted octanol–water partition coefficient (Wildman–Crippen LogP) is 18.4. The van der Waals surface area contributed by atoms with Crippen LogP contribution in [0.1, 0.15) is 194 Å². The van der Waals surface area contributed by atoms with Crippen molar-refractivity contribution >= 4 is 17.9 Å². The maximum atomic E-state index is 12.8. The Morgan fingerprint density at radius 3 is 0.929 bits per heavy atom. The van der Waals surface area contributed by atoms with Gasteiger partial charge in [0.2, 0.25) is 0 Å². The molecule has 0 heterocycles. The van der Waals surface area contributed by atoms with Gasteiger partial charge in [0.25, 0.3) is 0 Å². The maximum absolute atomic E-state index is 12.8. The molecule has 0 aliphatic heterocycles. The molecule has 1 unspecified atom stereocenters. The van der Waals surface area contributed by atoms with Crippen LogP contribution in [0.4, 0.5) is 0 Å². The topological polar surface area (TPSA) is 78.9 Å². The lowest BCUT2D eigenvalue weighted by Gasteiger charge is -2.18. The number of ether oxygens (including phenoxy) is 3. The number of carbonyl (C=O) groups is 3. The van der Waals surface area contributed by atoms with Gasteiger partial charge in [-0.1, -0.05) is 223 Å². The molecule has 1 atom stereocenters. The molecule has 0 spiro atoms. The smallest absolute Gasteiger partial charge is 0.306 e. The van der Waals surface area contributed by atoms with Gasteiger partial charge in [-0.25, -0.2) is 0 Å². The number of allylic oxidation sites excluding steroid dienone is 28. The lowest BCUT2D eigenvalue weighted by atomic mass is 10.1. The van der Waals surface area contributed by atoms with E-state index in [0.717, 1.165) is 96.3 Å². The van der Waals surface area contributed by atoms with Gasteiger partial charge in [-0.05, 0) is 122 Å². The lowest BCUT2D eigenvalue weighted by molar-refractivity contribution is -0.166. The van der Waals surface area contributed by atoms with Crippen molar-refractivity contribution < 1.29 is 28.6 Å². The minimum Gasteiger partial charge on any atom is -0.462 e. The van der Waals surface area contributed by atoms with Gasteiger partial charge in [0.15, 0.2) is 6.10 Å². The van der Waals surface area contributed by atoms with E-state index in [1.54, 1.807) is 0 Å².